The molecule has 1 heterocycles. The molecular weight excluding hydrogens is 407 g/mol. The highest BCUT2D eigenvalue weighted by molar-refractivity contribution is 5.94. The molecule has 0 bridgehead atoms. The molecule has 2 aromatic rings. The Morgan fingerprint density at radius 3 is 2.32 bits per heavy atom. The first kappa shape index (κ1) is 22.8. The van der Waals surface area contributed by atoms with E-state index in [9.17, 15) is 22.8 Å². The highest BCUT2D eigenvalue weighted by atomic mass is 19.4. The van der Waals surface area contributed by atoms with Gasteiger partial charge >= 0.3 is 6.18 Å². The molecule has 8 heteroatoms. The van der Waals surface area contributed by atoms with Crippen molar-refractivity contribution >= 4 is 11.8 Å². The summed E-state index contributed by atoms with van der Waals surface area (Å²) in [7, 11) is 0. The number of alkyl halides is 3. The molecule has 3 rings (SSSR count). The number of rotatable bonds is 8. The standard InChI is InChI=1S/C23H26F3N3O2/c24-23(25,26)16-29-12-11-17(15-29)14-27-21(30)13-20(18-7-3-1-4-8-18)28-22(31)19-9-5-2-6-10-19/h1-10,17,20H,11-16H2,(H,27,30)(H,28,31). The van der Waals surface area contributed by atoms with Crippen LogP contribution < -0.4 is 10.6 Å². The lowest BCUT2D eigenvalue weighted by Gasteiger charge is -2.20. The Hall–Kier alpha value is -2.87. The summed E-state index contributed by atoms with van der Waals surface area (Å²) in [6.45, 7) is 0.0901. The van der Waals surface area contributed by atoms with Crippen molar-refractivity contribution in [1.29, 1.82) is 0 Å². The third-order valence-electron chi connectivity index (χ3n) is 5.29. The molecule has 5 nitrogen and oxygen atoms in total. The van der Waals surface area contributed by atoms with E-state index in [1.165, 1.54) is 4.90 Å². The minimum Gasteiger partial charge on any atom is -0.356 e. The van der Waals surface area contributed by atoms with Crippen molar-refractivity contribution in [2.24, 2.45) is 5.92 Å². The average molecular weight is 433 g/mol. The highest BCUT2D eigenvalue weighted by Gasteiger charge is 2.34. The normalized spacial score (nSPS) is 17.8. The zero-order chi connectivity index (χ0) is 22.3. The first-order valence-electron chi connectivity index (χ1n) is 10.3. The minimum absolute atomic E-state index is 0.0135. The molecular formula is C23H26F3N3O2. The largest absolute Gasteiger partial charge is 0.401 e. The third-order valence-corrected chi connectivity index (χ3v) is 5.29. The molecule has 166 valence electrons. The van der Waals surface area contributed by atoms with Crippen LogP contribution >= 0.6 is 0 Å². The van der Waals surface area contributed by atoms with E-state index in [2.05, 4.69) is 10.6 Å². The van der Waals surface area contributed by atoms with Gasteiger partial charge < -0.3 is 10.6 Å². The molecule has 31 heavy (non-hydrogen) atoms. The predicted octanol–water partition coefficient (Wildman–Crippen LogP) is 3.55. The van der Waals surface area contributed by atoms with Crippen molar-refractivity contribution in [3.63, 3.8) is 0 Å². The van der Waals surface area contributed by atoms with Crippen LogP contribution in [0.25, 0.3) is 0 Å². The fraction of sp³-hybridized carbons (Fsp3) is 0.391. The molecule has 2 N–H and O–H groups in total. The topological polar surface area (TPSA) is 61.4 Å². The molecule has 1 aliphatic heterocycles. The van der Waals surface area contributed by atoms with Crippen LogP contribution in [0.2, 0.25) is 0 Å². The Morgan fingerprint density at radius 2 is 1.68 bits per heavy atom. The molecule has 2 atom stereocenters. The van der Waals surface area contributed by atoms with Crippen LogP contribution in [0.3, 0.4) is 0 Å². The van der Waals surface area contributed by atoms with Crippen molar-refractivity contribution in [2.45, 2.75) is 25.1 Å². The molecule has 2 unspecified atom stereocenters. The van der Waals surface area contributed by atoms with E-state index in [-0.39, 0.29) is 24.2 Å². The number of benzene rings is 2. The van der Waals surface area contributed by atoms with Crippen molar-refractivity contribution in [1.82, 2.24) is 15.5 Å². The summed E-state index contributed by atoms with van der Waals surface area (Å²) in [6.07, 6.45) is -3.55. The fourth-order valence-electron chi connectivity index (χ4n) is 3.76. The molecule has 0 radical (unpaired) electrons. The molecule has 0 aromatic heterocycles. The quantitative estimate of drug-likeness (QED) is 0.670. The van der Waals surface area contributed by atoms with E-state index in [1.807, 2.05) is 36.4 Å². The lowest BCUT2D eigenvalue weighted by molar-refractivity contribution is -0.143. The van der Waals surface area contributed by atoms with E-state index in [0.717, 1.165) is 5.56 Å². The monoisotopic (exact) mass is 433 g/mol. The molecule has 2 amide bonds. The van der Waals surface area contributed by atoms with Gasteiger partial charge in [-0.2, -0.15) is 13.2 Å². The summed E-state index contributed by atoms with van der Waals surface area (Å²) < 4.78 is 37.6. The van der Waals surface area contributed by atoms with Gasteiger partial charge in [0.2, 0.25) is 5.91 Å². The van der Waals surface area contributed by atoms with Gasteiger partial charge in [0.1, 0.15) is 0 Å². The van der Waals surface area contributed by atoms with Crippen molar-refractivity contribution in [3.8, 4) is 0 Å². The zero-order valence-corrected chi connectivity index (χ0v) is 17.1. The van der Waals surface area contributed by atoms with E-state index >= 15 is 0 Å². The lowest BCUT2D eigenvalue weighted by Crippen LogP contribution is -2.37. The number of hydrogen-bond donors (Lipinski definition) is 2. The number of nitrogens with one attached hydrogen (secondary N) is 2. The van der Waals surface area contributed by atoms with E-state index < -0.39 is 18.8 Å². The van der Waals surface area contributed by atoms with E-state index in [0.29, 0.717) is 31.6 Å². The number of halogens is 3. The Kier molecular flexibility index (Phi) is 7.68. The van der Waals surface area contributed by atoms with Crippen LogP contribution in [0.15, 0.2) is 60.7 Å². The zero-order valence-electron chi connectivity index (χ0n) is 17.1. The summed E-state index contributed by atoms with van der Waals surface area (Å²) in [5.41, 5.74) is 1.30. The van der Waals surface area contributed by atoms with Crippen molar-refractivity contribution in [3.05, 3.63) is 71.8 Å². The van der Waals surface area contributed by atoms with Gasteiger partial charge in [-0.05, 0) is 36.6 Å². The van der Waals surface area contributed by atoms with Gasteiger partial charge in [-0.15, -0.1) is 0 Å². The second kappa shape index (κ2) is 10.4. The molecule has 1 aliphatic rings. The summed E-state index contributed by atoms with van der Waals surface area (Å²) in [5, 5.41) is 5.73. The first-order valence-corrected chi connectivity index (χ1v) is 10.3. The Balaban J connectivity index is 1.55. The maximum absolute atomic E-state index is 12.6. The van der Waals surface area contributed by atoms with Gasteiger partial charge in [0.05, 0.1) is 19.0 Å². The second-order valence-corrected chi connectivity index (χ2v) is 7.82. The number of carbonyl (C=O) groups excluding carboxylic acids is 2. The van der Waals surface area contributed by atoms with Crippen LogP contribution in [0.5, 0.6) is 0 Å². The molecule has 0 spiro atoms. The van der Waals surface area contributed by atoms with Crippen LogP contribution in [-0.4, -0.2) is 49.1 Å². The van der Waals surface area contributed by atoms with Gasteiger partial charge in [0, 0.05) is 18.7 Å². The van der Waals surface area contributed by atoms with E-state index in [4.69, 9.17) is 0 Å². The van der Waals surface area contributed by atoms with E-state index in [1.54, 1.807) is 24.3 Å². The second-order valence-electron chi connectivity index (χ2n) is 7.82. The molecule has 1 fully saturated rings. The van der Waals surface area contributed by atoms with Crippen LogP contribution in [-0.2, 0) is 4.79 Å². The average Bonchev–Trinajstić information content (AvgIpc) is 3.18. The highest BCUT2D eigenvalue weighted by Crippen LogP contribution is 2.23. The SMILES string of the molecule is O=C(CC(NC(=O)c1ccccc1)c1ccccc1)NCC1CCN(CC(F)(F)F)C1. The first-order chi connectivity index (χ1) is 14.8. The minimum atomic E-state index is -4.21. The molecule has 1 saturated heterocycles. The Morgan fingerprint density at radius 1 is 1.03 bits per heavy atom. The van der Waals surface area contributed by atoms with Crippen LogP contribution in [0.4, 0.5) is 13.2 Å². The Labute approximate surface area is 179 Å². The number of hydrogen-bond acceptors (Lipinski definition) is 3. The summed E-state index contributed by atoms with van der Waals surface area (Å²) in [4.78, 5) is 26.5. The van der Waals surface area contributed by atoms with Crippen molar-refractivity contribution in [2.75, 3.05) is 26.2 Å². The summed E-state index contributed by atoms with van der Waals surface area (Å²) in [6, 6.07) is 17.4. The third kappa shape index (κ3) is 7.40. The van der Waals surface area contributed by atoms with Gasteiger partial charge in [-0.25, -0.2) is 0 Å². The Bertz CT molecular complexity index is 859. The van der Waals surface area contributed by atoms with Gasteiger partial charge in [0.15, 0.2) is 0 Å². The van der Waals surface area contributed by atoms with Crippen LogP contribution in [0, 0.1) is 5.92 Å². The molecule has 2 aromatic carbocycles. The molecule has 0 aliphatic carbocycles. The van der Waals surface area contributed by atoms with Crippen molar-refractivity contribution < 1.29 is 22.8 Å². The van der Waals surface area contributed by atoms with Gasteiger partial charge in [0.25, 0.3) is 5.91 Å². The lowest BCUT2D eigenvalue weighted by atomic mass is 10.0. The smallest absolute Gasteiger partial charge is 0.356 e. The number of nitrogens with zero attached hydrogens (tertiary/aromatic N) is 1. The van der Waals surface area contributed by atoms with Crippen LogP contribution in [0.1, 0.15) is 34.8 Å². The number of likely N-dealkylation sites (tertiary alicyclic amines) is 1. The number of amides is 2. The maximum Gasteiger partial charge on any atom is 0.401 e. The molecule has 0 saturated carbocycles. The number of carbonyl (C=O) groups is 2. The van der Waals surface area contributed by atoms with Gasteiger partial charge in [-0.3, -0.25) is 14.5 Å². The predicted molar refractivity (Wildman–Crippen MR) is 111 cm³/mol. The summed E-state index contributed by atoms with van der Waals surface area (Å²) >= 11 is 0. The maximum atomic E-state index is 12.6. The summed E-state index contributed by atoms with van der Waals surface area (Å²) in [5.74, 6) is -0.544. The van der Waals surface area contributed by atoms with Gasteiger partial charge in [-0.1, -0.05) is 48.5 Å². The fourth-order valence-corrected chi connectivity index (χ4v) is 3.76.